The van der Waals surface area contributed by atoms with E-state index in [0.29, 0.717) is 13.0 Å². The van der Waals surface area contributed by atoms with Crippen molar-refractivity contribution in [1.82, 2.24) is 9.80 Å². The molecular formula is C23H26N2O3. The molecule has 0 N–H and O–H groups in total. The van der Waals surface area contributed by atoms with Gasteiger partial charge >= 0.3 is 0 Å². The highest BCUT2D eigenvalue weighted by molar-refractivity contribution is 5.98. The molecule has 2 heterocycles. The lowest BCUT2D eigenvalue weighted by Gasteiger charge is -2.32. The molecule has 1 atom stereocenters. The van der Waals surface area contributed by atoms with Gasteiger partial charge in [-0.3, -0.25) is 9.59 Å². The van der Waals surface area contributed by atoms with Crippen LogP contribution in [0.2, 0.25) is 0 Å². The largest absolute Gasteiger partial charge is 0.497 e. The molecule has 1 saturated heterocycles. The summed E-state index contributed by atoms with van der Waals surface area (Å²) in [5.41, 5.74) is 2.73. The predicted molar refractivity (Wildman–Crippen MR) is 107 cm³/mol. The third-order valence-corrected chi connectivity index (χ3v) is 5.80. The molecule has 2 aromatic rings. The van der Waals surface area contributed by atoms with Gasteiger partial charge in [-0.1, -0.05) is 30.3 Å². The molecule has 0 radical (unpaired) electrons. The van der Waals surface area contributed by atoms with Crippen LogP contribution in [0, 0.1) is 0 Å². The number of fused-ring (bicyclic) bond motifs is 1. The van der Waals surface area contributed by atoms with Gasteiger partial charge in [0.2, 0.25) is 5.91 Å². The quantitative estimate of drug-likeness (QED) is 0.795. The van der Waals surface area contributed by atoms with E-state index >= 15 is 0 Å². The first-order valence-corrected chi connectivity index (χ1v) is 9.98. The Hall–Kier alpha value is -2.82. The van der Waals surface area contributed by atoms with Crippen molar-refractivity contribution in [2.45, 2.75) is 38.3 Å². The summed E-state index contributed by atoms with van der Waals surface area (Å²) in [6, 6.07) is 15.1. The van der Waals surface area contributed by atoms with Crippen LogP contribution < -0.4 is 4.74 Å². The van der Waals surface area contributed by atoms with Gasteiger partial charge in [0.15, 0.2) is 0 Å². The second-order valence-corrected chi connectivity index (χ2v) is 7.52. The van der Waals surface area contributed by atoms with Crippen LogP contribution >= 0.6 is 0 Å². The van der Waals surface area contributed by atoms with Crippen molar-refractivity contribution in [3.05, 3.63) is 65.2 Å². The van der Waals surface area contributed by atoms with Crippen molar-refractivity contribution in [3.8, 4) is 5.75 Å². The van der Waals surface area contributed by atoms with Gasteiger partial charge in [0, 0.05) is 25.2 Å². The third kappa shape index (κ3) is 3.61. The van der Waals surface area contributed by atoms with Crippen LogP contribution in [-0.4, -0.2) is 41.8 Å². The number of ether oxygens (including phenoxy) is 1. The van der Waals surface area contributed by atoms with E-state index in [-0.39, 0.29) is 17.9 Å². The van der Waals surface area contributed by atoms with Crippen LogP contribution in [-0.2, 0) is 11.3 Å². The number of rotatable bonds is 5. The zero-order chi connectivity index (χ0) is 19.5. The topological polar surface area (TPSA) is 49.9 Å². The van der Waals surface area contributed by atoms with E-state index in [4.69, 9.17) is 4.74 Å². The van der Waals surface area contributed by atoms with Gasteiger partial charge in [0.25, 0.3) is 5.91 Å². The molecule has 0 aliphatic carbocycles. The highest BCUT2D eigenvalue weighted by Crippen LogP contribution is 2.34. The second-order valence-electron chi connectivity index (χ2n) is 7.52. The first-order valence-electron chi connectivity index (χ1n) is 9.98. The monoisotopic (exact) mass is 378 g/mol. The van der Waals surface area contributed by atoms with Crippen molar-refractivity contribution in [1.29, 1.82) is 0 Å². The van der Waals surface area contributed by atoms with Crippen molar-refractivity contribution in [2.24, 2.45) is 0 Å². The third-order valence-electron chi connectivity index (χ3n) is 5.80. The number of carbonyl (C=O) groups excluding carboxylic acids is 2. The van der Waals surface area contributed by atoms with Crippen molar-refractivity contribution in [3.63, 3.8) is 0 Å². The van der Waals surface area contributed by atoms with Crippen LogP contribution in [0.15, 0.2) is 48.5 Å². The maximum absolute atomic E-state index is 13.1. The minimum atomic E-state index is -0.278. The molecule has 1 unspecified atom stereocenters. The number of hydrogen-bond donors (Lipinski definition) is 0. The van der Waals surface area contributed by atoms with Crippen LogP contribution in [0.4, 0.5) is 0 Å². The number of methoxy groups -OCH3 is 1. The first-order chi connectivity index (χ1) is 13.7. The molecule has 28 heavy (non-hydrogen) atoms. The SMILES string of the molecule is COc1ccc(C(CC(=O)N2CCCCC2)N2Cc3ccccc3C2=O)cc1. The number of amides is 2. The van der Waals surface area contributed by atoms with Gasteiger partial charge in [0.1, 0.15) is 5.75 Å². The molecule has 1 fully saturated rings. The normalized spacial score (nSPS) is 17.4. The van der Waals surface area contributed by atoms with E-state index in [9.17, 15) is 9.59 Å². The summed E-state index contributed by atoms with van der Waals surface area (Å²) in [6.07, 6.45) is 3.62. The summed E-state index contributed by atoms with van der Waals surface area (Å²) in [5, 5.41) is 0. The average molecular weight is 378 g/mol. The molecular weight excluding hydrogens is 352 g/mol. The summed E-state index contributed by atoms with van der Waals surface area (Å²) >= 11 is 0. The Morgan fingerprint density at radius 2 is 1.75 bits per heavy atom. The summed E-state index contributed by atoms with van der Waals surface area (Å²) in [4.78, 5) is 29.9. The zero-order valence-electron chi connectivity index (χ0n) is 16.3. The molecule has 0 bridgehead atoms. The molecule has 0 aromatic heterocycles. The summed E-state index contributed by atoms with van der Waals surface area (Å²) in [6.45, 7) is 2.18. The Bertz CT molecular complexity index is 856. The fourth-order valence-electron chi connectivity index (χ4n) is 4.20. The minimum Gasteiger partial charge on any atom is -0.497 e. The maximum Gasteiger partial charge on any atom is 0.255 e. The van der Waals surface area contributed by atoms with Crippen LogP contribution in [0.3, 0.4) is 0 Å². The van der Waals surface area contributed by atoms with E-state index in [1.54, 1.807) is 7.11 Å². The number of likely N-dealkylation sites (tertiary alicyclic amines) is 1. The molecule has 4 rings (SSSR count). The van der Waals surface area contributed by atoms with E-state index in [1.165, 1.54) is 6.42 Å². The maximum atomic E-state index is 13.1. The molecule has 2 aliphatic rings. The van der Waals surface area contributed by atoms with Crippen molar-refractivity contribution >= 4 is 11.8 Å². The highest BCUT2D eigenvalue weighted by Gasteiger charge is 2.35. The minimum absolute atomic E-state index is 0.00265. The molecule has 2 amide bonds. The first kappa shape index (κ1) is 18.5. The van der Waals surface area contributed by atoms with Crippen LogP contribution in [0.25, 0.3) is 0 Å². The van der Waals surface area contributed by atoms with E-state index in [0.717, 1.165) is 48.4 Å². The smallest absolute Gasteiger partial charge is 0.255 e. The highest BCUT2D eigenvalue weighted by atomic mass is 16.5. The lowest BCUT2D eigenvalue weighted by atomic mass is 10.00. The molecule has 2 aromatic carbocycles. The Labute approximate surface area is 165 Å². The summed E-state index contributed by atoms with van der Waals surface area (Å²) in [5.74, 6) is 0.896. The van der Waals surface area contributed by atoms with Crippen LogP contribution in [0.5, 0.6) is 5.75 Å². The number of benzene rings is 2. The average Bonchev–Trinajstić information content (AvgIpc) is 3.09. The predicted octanol–water partition coefficient (Wildman–Crippen LogP) is 3.79. The van der Waals surface area contributed by atoms with E-state index in [2.05, 4.69) is 0 Å². The number of piperidine rings is 1. The fourth-order valence-corrected chi connectivity index (χ4v) is 4.20. The molecule has 2 aliphatic heterocycles. The molecule has 5 nitrogen and oxygen atoms in total. The van der Waals surface area contributed by atoms with Gasteiger partial charge in [-0.05, 0) is 48.6 Å². The van der Waals surface area contributed by atoms with Crippen LogP contribution in [0.1, 0.15) is 53.2 Å². The van der Waals surface area contributed by atoms with Gasteiger partial charge in [-0.25, -0.2) is 0 Å². The lowest BCUT2D eigenvalue weighted by Crippen LogP contribution is -2.39. The Kier molecular flexibility index (Phi) is 5.33. The van der Waals surface area contributed by atoms with Gasteiger partial charge in [-0.15, -0.1) is 0 Å². The molecule has 146 valence electrons. The molecule has 5 heteroatoms. The number of hydrogen-bond acceptors (Lipinski definition) is 3. The standard InChI is InChI=1S/C23H26N2O3/c1-28-19-11-9-17(10-12-19)21(15-22(26)24-13-5-2-6-14-24)25-16-18-7-3-4-8-20(18)23(25)27/h3-4,7-12,21H,2,5-6,13-16H2,1H3. The Morgan fingerprint density at radius 3 is 2.43 bits per heavy atom. The number of nitrogens with zero attached hydrogens (tertiary/aromatic N) is 2. The zero-order valence-corrected chi connectivity index (χ0v) is 16.3. The van der Waals surface area contributed by atoms with Crippen molar-refractivity contribution < 1.29 is 14.3 Å². The molecule has 0 saturated carbocycles. The van der Waals surface area contributed by atoms with E-state index in [1.807, 2.05) is 58.3 Å². The number of carbonyl (C=O) groups is 2. The molecule has 0 spiro atoms. The second kappa shape index (κ2) is 8.05. The van der Waals surface area contributed by atoms with Gasteiger partial charge < -0.3 is 14.5 Å². The lowest BCUT2D eigenvalue weighted by molar-refractivity contribution is -0.133. The van der Waals surface area contributed by atoms with Gasteiger partial charge in [-0.2, -0.15) is 0 Å². The fraction of sp³-hybridized carbons (Fsp3) is 0.391. The van der Waals surface area contributed by atoms with E-state index < -0.39 is 0 Å². The summed E-state index contributed by atoms with van der Waals surface area (Å²) < 4.78 is 5.27. The Balaban J connectivity index is 1.61. The van der Waals surface area contributed by atoms with Crippen molar-refractivity contribution in [2.75, 3.05) is 20.2 Å². The Morgan fingerprint density at radius 1 is 1.04 bits per heavy atom. The van der Waals surface area contributed by atoms with Gasteiger partial charge in [0.05, 0.1) is 19.6 Å². The summed E-state index contributed by atoms with van der Waals surface area (Å²) in [7, 11) is 1.63.